The molecule has 4 nitrogen and oxygen atoms in total. The van der Waals surface area contributed by atoms with Crippen LogP contribution < -0.4 is 0 Å². The second kappa shape index (κ2) is 18.6. The molecule has 0 N–H and O–H groups in total. The molecule has 0 spiro atoms. The predicted molar refractivity (Wildman–Crippen MR) is 251 cm³/mol. The van der Waals surface area contributed by atoms with Crippen LogP contribution in [0.15, 0.2) is 224 Å². The first-order valence-corrected chi connectivity index (χ1v) is 25.8. The standard InChI is InChI=1S/C50H45FO4S6/c1-6-50(5,37-11-29-46(30-12-37)61(54,55)48-31-23-42(24-32-48)56-38-13-7-35(2)8-14-38)59-44-21-19-41(20-22-44)57-39-15-17-40(18-16-39)58-43-25-33-47(34-26-43)60(52,53)45-27-9-36(10-28-45)49(3,4)51/h7-34H,6H2,1-5H3. The highest BCUT2D eigenvalue weighted by Gasteiger charge is 2.28. The number of thioether (sulfide) groups is 1. The summed E-state index contributed by atoms with van der Waals surface area (Å²) in [5, 5.41) is 0. The Balaban J connectivity index is 0.935. The van der Waals surface area contributed by atoms with Gasteiger partial charge in [-0.3, -0.25) is 0 Å². The normalized spacial score (nSPS) is 13.1. The van der Waals surface area contributed by atoms with Crippen LogP contribution >= 0.6 is 47.0 Å². The van der Waals surface area contributed by atoms with E-state index in [0.29, 0.717) is 5.56 Å². The van der Waals surface area contributed by atoms with Crippen LogP contribution in [0.5, 0.6) is 0 Å². The van der Waals surface area contributed by atoms with E-state index in [4.69, 9.17) is 0 Å². The summed E-state index contributed by atoms with van der Waals surface area (Å²) in [5.74, 6) is 0. The Morgan fingerprint density at radius 2 is 0.672 bits per heavy atom. The second-order valence-electron chi connectivity index (χ2n) is 15.2. The summed E-state index contributed by atoms with van der Waals surface area (Å²) >= 11 is 6.60. The van der Waals surface area contributed by atoms with Crippen LogP contribution in [0.2, 0.25) is 0 Å². The van der Waals surface area contributed by atoms with E-state index in [2.05, 4.69) is 93.6 Å². The number of halogens is 1. The molecule has 61 heavy (non-hydrogen) atoms. The Morgan fingerprint density at radius 3 is 0.984 bits per heavy atom. The van der Waals surface area contributed by atoms with Crippen LogP contribution in [0.4, 0.5) is 4.39 Å². The minimum absolute atomic E-state index is 0.131. The Morgan fingerprint density at radius 1 is 0.410 bits per heavy atom. The van der Waals surface area contributed by atoms with Crippen molar-refractivity contribution in [1.29, 1.82) is 0 Å². The molecule has 312 valence electrons. The number of aryl methyl sites for hydroxylation is 1. The van der Waals surface area contributed by atoms with E-state index in [9.17, 15) is 21.2 Å². The average Bonchev–Trinajstić information content (AvgIpc) is 3.26. The molecule has 0 aromatic heterocycles. The molecule has 0 heterocycles. The molecular weight excluding hydrogens is 876 g/mol. The Labute approximate surface area is 377 Å². The van der Waals surface area contributed by atoms with E-state index in [1.807, 2.05) is 24.3 Å². The zero-order valence-corrected chi connectivity index (χ0v) is 39.2. The molecule has 0 amide bonds. The molecular formula is C50H45FO4S6. The summed E-state index contributed by atoms with van der Waals surface area (Å²) in [7, 11) is -7.40. The van der Waals surface area contributed by atoms with Gasteiger partial charge < -0.3 is 0 Å². The van der Waals surface area contributed by atoms with Crippen molar-refractivity contribution in [3.8, 4) is 0 Å². The van der Waals surface area contributed by atoms with Gasteiger partial charge in [-0.05, 0) is 179 Å². The lowest BCUT2D eigenvalue weighted by molar-refractivity contribution is 0.221. The van der Waals surface area contributed by atoms with E-state index in [1.54, 1.807) is 95.6 Å². The van der Waals surface area contributed by atoms with E-state index < -0.39 is 25.3 Å². The Bertz CT molecular complexity index is 2800. The lowest BCUT2D eigenvalue weighted by atomic mass is 9.98. The van der Waals surface area contributed by atoms with Gasteiger partial charge in [-0.2, -0.15) is 0 Å². The van der Waals surface area contributed by atoms with Crippen LogP contribution in [-0.2, 0) is 30.1 Å². The summed E-state index contributed by atoms with van der Waals surface area (Å²) in [6.07, 6.45) is 0.851. The highest BCUT2D eigenvalue weighted by atomic mass is 32.2. The molecule has 1 atom stereocenters. The topological polar surface area (TPSA) is 68.3 Å². The molecule has 1 unspecified atom stereocenters. The van der Waals surface area contributed by atoms with Gasteiger partial charge in [-0.15, -0.1) is 11.8 Å². The van der Waals surface area contributed by atoms with Gasteiger partial charge in [-0.1, -0.05) is 84.2 Å². The fourth-order valence-corrected chi connectivity index (χ4v) is 12.6. The Kier molecular flexibility index (Phi) is 13.7. The third kappa shape index (κ3) is 10.9. The van der Waals surface area contributed by atoms with Crippen LogP contribution in [-0.4, -0.2) is 16.8 Å². The van der Waals surface area contributed by atoms with Crippen molar-refractivity contribution >= 4 is 66.7 Å². The number of rotatable bonds is 15. The van der Waals surface area contributed by atoms with Crippen molar-refractivity contribution in [1.82, 2.24) is 0 Å². The van der Waals surface area contributed by atoms with Crippen molar-refractivity contribution < 1.29 is 21.2 Å². The number of alkyl halides is 1. The number of hydrogen-bond acceptors (Lipinski definition) is 8. The third-order valence-electron chi connectivity index (χ3n) is 10.3. The zero-order valence-electron chi connectivity index (χ0n) is 34.3. The van der Waals surface area contributed by atoms with Gasteiger partial charge in [0.1, 0.15) is 5.67 Å². The van der Waals surface area contributed by atoms with Crippen molar-refractivity contribution in [2.75, 3.05) is 0 Å². The van der Waals surface area contributed by atoms with E-state index in [1.165, 1.54) is 43.7 Å². The summed E-state index contributed by atoms with van der Waals surface area (Å²) < 4.78 is 67.6. The average molecular weight is 921 g/mol. The summed E-state index contributed by atoms with van der Waals surface area (Å²) in [5.41, 5.74) is 1.14. The maximum atomic E-state index is 14.3. The molecule has 7 aromatic carbocycles. The molecule has 0 aliphatic carbocycles. The van der Waals surface area contributed by atoms with Crippen LogP contribution in [0.3, 0.4) is 0 Å². The fourth-order valence-electron chi connectivity index (χ4n) is 6.42. The fraction of sp³-hybridized carbons (Fsp3) is 0.160. The number of sulfone groups is 2. The highest BCUT2D eigenvalue weighted by molar-refractivity contribution is 8.00. The van der Waals surface area contributed by atoms with Crippen LogP contribution in [0.25, 0.3) is 0 Å². The van der Waals surface area contributed by atoms with Crippen LogP contribution in [0.1, 0.15) is 50.8 Å². The van der Waals surface area contributed by atoms with Crippen LogP contribution in [0, 0.1) is 6.92 Å². The molecule has 0 bridgehead atoms. The Hall–Kier alpha value is -4.23. The molecule has 0 saturated heterocycles. The predicted octanol–water partition coefficient (Wildman–Crippen LogP) is 14.7. The maximum absolute atomic E-state index is 14.3. The molecule has 0 saturated carbocycles. The second-order valence-corrected chi connectivity index (χ2v) is 24.1. The monoisotopic (exact) mass is 920 g/mol. The van der Waals surface area contributed by atoms with Crippen molar-refractivity contribution in [3.63, 3.8) is 0 Å². The zero-order chi connectivity index (χ0) is 43.4. The molecule has 7 aromatic rings. The van der Waals surface area contributed by atoms with Gasteiger partial charge >= 0.3 is 0 Å². The molecule has 7 rings (SSSR count). The maximum Gasteiger partial charge on any atom is 0.206 e. The van der Waals surface area contributed by atoms with Gasteiger partial charge in [0.25, 0.3) is 0 Å². The lowest BCUT2D eigenvalue weighted by Gasteiger charge is -2.28. The van der Waals surface area contributed by atoms with Gasteiger partial charge in [0.15, 0.2) is 0 Å². The quantitative estimate of drug-likeness (QED) is 0.0942. The number of hydrogen-bond donors (Lipinski definition) is 0. The van der Waals surface area contributed by atoms with Crippen molar-refractivity contribution in [2.24, 2.45) is 0 Å². The molecule has 0 aliphatic rings. The minimum Gasteiger partial charge on any atom is -0.239 e. The molecule has 0 radical (unpaired) electrons. The molecule has 11 heteroatoms. The lowest BCUT2D eigenvalue weighted by Crippen LogP contribution is -2.16. The van der Waals surface area contributed by atoms with E-state index >= 15 is 0 Å². The van der Waals surface area contributed by atoms with E-state index in [0.717, 1.165) is 46.3 Å². The highest BCUT2D eigenvalue weighted by Crippen LogP contribution is 2.45. The SMILES string of the molecule is CCC(C)(Sc1ccc(Sc2ccc(Sc3ccc(S(=O)(=O)c4ccc(C(C)(C)F)cc4)cc3)cc2)cc1)c1ccc(S(=O)(=O)c2ccc(Sc3ccc(C)cc3)cc2)cc1. The number of benzene rings is 7. The smallest absolute Gasteiger partial charge is 0.206 e. The first-order valence-electron chi connectivity index (χ1n) is 19.6. The van der Waals surface area contributed by atoms with Crippen molar-refractivity contribution in [3.05, 3.63) is 187 Å². The molecule has 0 fully saturated rings. The molecule has 0 aliphatic heterocycles. The first-order chi connectivity index (χ1) is 29.0. The van der Waals surface area contributed by atoms with E-state index in [-0.39, 0.29) is 24.3 Å². The first kappa shape index (κ1) is 44.8. The summed E-state index contributed by atoms with van der Waals surface area (Å²) in [6, 6.07) is 52.2. The minimum atomic E-state index is -3.73. The van der Waals surface area contributed by atoms with Gasteiger partial charge in [0.05, 0.1) is 19.6 Å². The summed E-state index contributed by atoms with van der Waals surface area (Å²) in [6.45, 7) is 9.28. The van der Waals surface area contributed by atoms with Gasteiger partial charge in [0.2, 0.25) is 19.7 Å². The van der Waals surface area contributed by atoms with Gasteiger partial charge in [-0.25, -0.2) is 21.2 Å². The third-order valence-corrected chi connectivity index (χ3v) is 18.4. The largest absolute Gasteiger partial charge is 0.239 e. The summed E-state index contributed by atoms with van der Waals surface area (Å²) in [4.78, 5) is 8.23. The van der Waals surface area contributed by atoms with Gasteiger partial charge in [0, 0.05) is 39.0 Å². The van der Waals surface area contributed by atoms with Crippen molar-refractivity contribution in [2.45, 2.75) is 105 Å².